The maximum absolute atomic E-state index is 3.72. The molecule has 0 amide bonds. The van der Waals surface area contributed by atoms with Crippen molar-refractivity contribution in [1.82, 2.24) is 0 Å². The molecule has 0 aromatic heterocycles. The maximum Gasteiger partial charge on any atom is 0.0491 e. The molecule has 5 aromatic carbocycles. The quantitative estimate of drug-likeness (QED) is 0.300. The van der Waals surface area contributed by atoms with E-state index in [1.165, 1.54) is 33.3 Å². The fourth-order valence-corrected chi connectivity index (χ4v) is 4.34. The molecule has 5 aromatic rings. The lowest BCUT2D eigenvalue weighted by atomic mass is 10.00. The molecule has 0 spiro atoms. The highest BCUT2D eigenvalue weighted by molar-refractivity contribution is 5.98. The highest BCUT2D eigenvalue weighted by Crippen LogP contribution is 2.39. The van der Waals surface area contributed by atoms with Gasteiger partial charge in [0, 0.05) is 45.8 Å². The van der Waals surface area contributed by atoms with E-state index >= 15 is 0 Å². The summed E-state index contributed by atoms with van der Waals surface area (Å²) >= 11 is 0. The fourth-order valence-electron chi connectivity index (χ4n) is 4.34. The van der Waals surface area contributed by atoms with Crippen molar-refractivity contribution >= 4 is 33.5 Å². The van der Waals surface area contributed by atoms with Gasteiger partial charge in [0.2, 0.25) is 0 Å². The Morgan fingerprint density at radius 1 is 0.562 bits per heavy atom. The molecule has 0 heterocycles. The van der Waals surface area contributed by atoms with Gasteiger partial charge in [-0.05, 0) is 42.6 Å². The molecule has 0 unspecified atom stereocenters. The zero-order chi connectivity index (χ0) is 21.8. The Labute approximate surface area is 189 Å². The molecule has 0 aliphatic carbocycles. The minimum absolute atomic E-state index is 0.889. The van der Waals surface area contributed by atoms with E-state index in [-0.39, 0.29) is 0 Å². The number of nitrogens with one attached hydrogen (secondary N) is 1. The van der Waals surface area contributed by atoms with Crippen LogP contribution < -0.4 is 10.2 Å². The van der Waals surface area contributed by atoms with E-state index < -0.39 is 0 Å². The topological polar surface area (TPSA) is 15.3 Å². The van der Waals surface area contributed by atoms with E-state index in [0.29, 0.717) is 0 Å². The van der Waals surface area contributed by atoms with Crippen LogP contribution in [0.25, 0.3) is 21.9 Å². The molecule has 156 valence electrons. The van der Waals surface area contributed by atoms with Gasteiger partial charge >= 0.3 is 0 Å². The van der Waals surface area contributed by atoms with Gasteiger partial charge in [0.1, 0.15) is 0 Å². The number of hydrogen-bond acceptors (Lipinski definition) is 2. The fraction of sp³-hybridized carbons (Fsp3) is 0.0667. The predicted octanol–water partition coefficient (Wildman–Crippen LogP) is 8.41. The summed E-state index contributed by atoms with van der Waals surface area (Å²) in [7, 11) is 0. The first-order chi connectivity index (χ1) is 15.8. The minimum Gasteiger partial charge on any atom is -0.355 e. The second-order valence-corrected chi connectivity index (χ2v) is 7.79. The summed E-state index contributed by atoms with van der Waals surface area (Å²) in [6.45, 7) is 3.09. The van der Waals surface area contributed by atoms with E-state index in [1.807, 2.05) is 0 Å². The lowest BCUT2D eigenvalue weighted by Gasteiger charge is -2.27. The van der Waals surface area contributed by atoms with Crippen molar-refractivity contribution in [2.45, 2.75) is 6.92 Å². The molecular formula is C30H26N2. The third-order valence-corrected chi connectivity index (χ3v) is 5.86. The van der Waals surface area contributed by atoms with Crippen LogP contribution in [-0.4, -0.2) is 6.54 Å². The molecule has 0 saturated heterocycles. The molecule has 0 fully saturated rings. The second kappa shape index (κ2) is 8.99. The van der Waals surface area contributed by atoms with Crippen LogP contribution >= 0.6 is 0 Å². The van der Waals surface area contributed by atoms with Crippen LogP contribution in [0, 0.1) is 0 Å². The van der Waals surface area contributed by atoms with Gasteiger partial charge < -0.3 is 10.2 Å². The number of fused-ring (bicyclic) bond motifs is 1. The van der Waals surface area contributed by atoms with Gasteiger partial charge in [0.05, 0.1) is 0 Å². The Kier molecular flexibility index (Phi) is 5.59. The van der Waals surface area contributed by atoms with Crippen LogP contribution in [0.5, 0.6) is 0 Å². The molecule has 0 aliphatic heterocycles. The molecule has 0 radical (unpaired) electrons. The molecule has 2 nitrogen and oxygen atoms in total. The lowest BCUT2D eigenvalue weighted by molar-refractivity contribution is 1.02. The first kappa shape index (κ1) is 19.9. The first-order valence-electron chi connectivity index (χ1n) is 11.1. The van der Waals surface area contributed by atoms with Gasteiger partial charge in [0.15, 0.2) is 0 Å². The molecule has 0 bridgehead atoms. The zero-order valence-corrected chi connectivity index (χ0v) is 18.2. The normalized spacial score (nSPS) is 10.8. The molecule has 0 atom stereocenters. The van der Waals surface area contributed by atoms with E-state index in [4.69, 9.17) is 0 Å². The number of para-hydroxylation sites is 3. The third kappa shape index (κ3) is 3.83. The van der Waals surface area contributed by atoms with Crippen molar-refractivity contribution in [1.29, 1.82) is 0 Å². The Bertz CT molecular complexity index is 1340. The van der Waals surface area contributed by atoms with E-state index in [1.54, 1.807) is 0 Å². The summed E-state index contributed by atoms with van der Waals surface area (Å²) in [6.07, 6.45) is 0. The maximum atomic E-state index is 3.72. The summed E-state index contributed by atoms with van der Waals surface area (Å²) in [5.41, 5.74) is 7.01. The SMILES string of the molecule is CCN(c1ccccc1)c1ccccc1-c1ccccc1Nc1cccc2ccccc12. The average molecular weight is 415 g/mol. The number of benzene rings is 5. The Balaban J connectivity index is 1.61. The van der Waals surface area contributed by atoms with Crippen LogP contribution in [0.3, 0.4) is 0 Å². The molecule has 0 saturated carbocycles. The van der Waals surface area contributed by atoms with Gasteiger partial charge in [-0.3, -0.25) is 0 Å². The molecule has 5 rings (SSSR count). The van der Waals surface area contributed by atoms with Gasteiger partial charge in [0.25, 0.3) is 0 Å². The first-order valence-corrected chi connectivity index (χ1v) is 11.1. The highest BCUT2D eigenvalue weighted by Gasteiger charge is 2.15. The smallest absolute Gasteiger partial charge is 0.0491 e. The molecule has 2 heteroatoms. The van der Waals surface area contributed by atoms with Crippen molar-refractivity contribution in [2.24, 2.45) is 0 Å². The van der Waals surface area contributed by atoms with Crippen LogP contribution in [0.15, 0.2) is 121 Å². The minimum atomic E-state index is 0.889. The van der Waals surface area contributed by atoms with E-state index in [2.05, 4.69) is 138 Å². The standard InChI is InChI=1S/C30H26N2/c1-2-32(24-15-4-3-5-16-24)30-22-11-9-19-27(30)26-18-8-10-20-29(26)31-28-21-12-14-23-13-6-7-17-25(23)28/h3-22,31H,2H2,1H3. The van der Waals surface area contributed by atoms with Crippen molar-refractivity contribution in [2.75, 3.05) is 16.8 Å². The Morgan fingerprint density at radius 3 is 2.03 bits per heavy atom. The zero-order valence-electron chi connectivity index (χ0n) is 18.2. The second-order valence-electron chi connectivity index (χ2n) is 7.79. The summed E-state index contributed by atoms with van der Waals surface area (Å²) in [5.74, 6) is 0. The summed E-state index contributed by atoms with van der Waals surface area (Å²) in [6, 6.07) is 42.7. The van der Waals surface area contributed by atoms with Crippen LogP contribution in [0.2, 0.25) is 0 Å². The number of nitrogens with zero attached hydrogens (tertiary/aromatic N) is 1. The van der Waals surface area contributed by atoms with Crippen molar-refractivity contribution in [3.05, 3.63) is 121 Å². The van der Waals surface area contributed by atoms with Crippen LogP contribution in [0.4, 0.5) is 22.7 Å². The number of hydrogen-bond donors (Lipinski definition) is 1. The third-order valence-electron chi connectivity index (χ3n) is 5.86. The summed E-state index contributed by atoms with van der Waals surface area (Å²) < 4.78 is 0. The lowest BCUT2D eigenvalue weighted by Crippen LogP contribution is -2.16. The molecule has 1 N–H and O–H groups in total. The average Bonchev–Trinajstić information content (AvgIpc) is 2.86. The van der Waals surface area contributed by atoms with Gasteiger partial charge in [-0.2, -0.15) is 0 Å². The van der Waals surface area contributed by atoms with Crippen molar-refractivity contribution in [3.63, 3.8) is 0 Å². The van der Waals surface area contributed by atoms with Crippen molar-refractivity contribution in [3.8, 4) is 11.1 Å². The van der Waals surface area contributed by atoms with Crippen LogP contribution in [-0.2, 0) is 0 Å². The summed E-state index contributed by atoms with van der Waals surface area (Å²) in [5, 5.41) is 6.17. The highest BCUT2D eigenvalue weighted by atomic mass is 15.1. The molecular weight excluding hydrogens is 388 g/mol. The monoisotopic (exact) mass is 414 g/mol. The number of anilines is 4. The van der Waals surface area contributed by atoms with E-state index in [9.17, 15) is 0 Å². The van der Waals surface area contributed by atoms with Gasteiger partial charge in [-0.15, -0.1) is 0 Å². The largest absolute Gasteiger partial charge is 0.355 e. The number of rotatable bonds is 6. The molecule has 32 heavy (non-hydrogen) atoms. The van der Waals surface area contributed by atoms with Crippen LogP contribution in [0.1, 0.15) is 6.92 Å². The van der Waals surface area contributed by atoms with Gasteiger partial charge in [-0.1, -0.05) is 91.0 Å². The predicted molar refractivity (Wildman–Crippen MR) is 138 cm³/mol. The Hall–Kier alpha value is -4.04. The van der Waals surface area contributed by atoms with E-state index in [0.717, 1.165) is 17.9 Å². The Morgan fingerprint density at radius 2 is 1.19 bits per heavy atom. The molecule has 0 aliphatic rings. The van der Waals surface area contributed by atoms with Gasteiger partial charge in [-0.25, -0.2) is 0 Å². The summed E-state index contributed by atoms with van der Waals surface area (Å²) in [4.78, 5) is 2.37. The van der Waals surface area contributed by atoms with Crippen molar-refractivity contribution < 1.29 is 0 Å².